The number of halogens is 1. The molecule has 132 valence electrons. The predicted molar refractivity (Wildman–Crippen MR) is 103 cm³/mol. The van der Waals surface area contributed by atoms with Gasteiger partial charge in [-0.3, -0.25) is 9.69 Å². The summed E-state index contributed by atoms with van der Waals surface area (Å²) in [5, 5.41) is 4.80. The van der Waals surface area contributed by atoms with E-state index < -0.39 is 0 Å². The Balaban J connectivity index is 1.42. The normalized spacial score (nSPS) is 28.1. The summed E-state index contributed by atoms with van der Waals surface area (Å²) >= 11 is 9.04. The van der Waals surface area contributed by atoms with Crippen LogP contribution in [0.15, 0.2) is 39.7 Å². The van der Waals surface area contributed by atoms with Crippen molar-refractivity contribution < 1.29 is 4.79 Å². The summed E-state index contributed by atoms with van der Waals surface area (Å²) in [6, 6.07) is 8.17. The van der Waals surface area contributed by atoms with Gasteiger partial charge in [0, 0.05) is 23.3 Å². The Bertz CT molecular complexity index is 771. The molecule has 0 aromatic carbocycles. The van der Waals surface area contributed by atoms with Gasteiger partial charge in [-0.15, -0.1) is 11.3 Å². The summed E-state index contributed by atoms with van der Waals surface area (Å²) in [4.78, 5) is 20.2. The van der Waals surface area contributed by atoms with Gasteiger partial charge in [-0.05, 0) is 63.0 Å². The number of carbonyl (C=O) groups is 1. The first-order valence-corrected chi connectivity index (χ1v) is 10.6. The number of thiophene rings is 1. The molecule has 2 aromatic rings. The lowest BCUT2D eigenvalue weighted by Gasteiger charge is -2.49. The Labute approximate surface area is 161 Å². The lowest BCUT2D eigenvalue weighted by molar-refractivity contribution is 0.0218. The average Bonchev–Trinajstić information content (AvgIpc) is 3.07. The minimum Gasteiger partial charge on any atom is -0.347 e. The second-order valence-corrected chi connectivity index (χ2v) is 9.49. The molecule has 3 saturated heterocycles. The van der Waals surface area contributed by atoms with Crippen LogP contribution in [-0.4, -0.2) is 41.0 Å². The van der Waals surface area contributed by atoms with Crippen LogP contribution >= 0.6 is 34.7 Å². The van der Waals surface area contributed by atoms with Crippen LogP contribution in [0.4, 0.5) is 0 Å². The van der Waals surface area contributed by atoms with Gasteiger partial charge in [-0.2, -0.15) is 0 Å². The summed E-state index contributed by atoms with van der Waals surface area (Å²) in [6.07, 6.45) is 4.09. The zero-order valence-electron chi connectivity index (χ0n) is 13.9. The van der Waals surface area contributed by atoms with E-state index in [4.69, 9.17) is 11.6 Å². The molecule has 7 heteroatoms. The monoisotopic (exact) mass is 393 g/mol. The molecular formula is C18H20ClN3OS2. The fourth-order valence-electron chi connectivity index (χ4n) is 3.81. The zero-order valence-corrected chi connectivity index (χ0v) is 16.3. The number of amides is 1. The Morgan fingerprint density at radius 3 is 2.88 bits per heavy atom. The highest BCUT2D eigenvalue weighted by molar-refractivity contribution is 8.01. The van der Waals surface area contributed by atoms with Gasteiger partial charge < -0.3 is 5.32 Å². The van der Waals surface area contributed by atoms with Crippen molar-refractivity contribution in [2.45, 2.75) is 41.1 Å². The summed E-state index contributed by atoms with van der Waals surface area (Å²) < 4.78 is 1.04. The summed E-state index contributed by atoms with van der Waals surface area (Å²) in [6.45, 7) is 4.58. The average molecular weight is 394 g/mol. The van der Waals surface area contributed by atoms with Crippen LogP contribution < -0.4 is 5.32 Å². The third kappa shape index (κ3) is 3.72. The molecule has 25 heavy (non-hydrogen) atoms. The van der Waals surface area contributed by atoms with Crippen LogP contribution in [0.3, 0.4) is 0 Å². The number of nitrogens with zero attached hydrogens (tertiary/aromatic N) is 2. The van der Waals surface area contributed by atoms with Crippen LogP contribution in [0.2, 0.25) is 5.02 Å². The van der Waals surface area contributed by atoms with Crippen molar-refractivity contribution in [1.82, 2.24) is 15.2 Å². The van der Waals surface area contributed by atoms with Crippen molar-refractivity contribution in [3.63, 3.8) is 0 Å². The first kappa shape index (κ1) is 17.3. The molecular weight excluding hydrogens is 374 g/mol. The van der Waals surface area contributed by atoms with E-state index in [0.29, 0.717) is 17.0 Å². The Morgan fingerprint density at radius 1 is 1.36 bits per heavy atom. The molecule has 0 unspecified atom stereocenters. The van der Waals surface area contributed by atoms with E-state index in [2.05, 4.69) is 22.1 Å². The quantitative estimate of drug-likeness (QED) is 0.847. The van der Waals surface area contributed by atoms with Crippen molar-refractivity contribution in [2.75, 3.05) is 13.1 Å². The molecule has 3 fully saturated rings. The molecule has 3 aliphatic rings. The number of hydrogen-bond acceptors (Lipinski definition) is 5. The highest BCUT2D eigenvalue weighted by Gasteiger charge is 2.40. The number of carbonyl (C=O) groups excluding carboxylic acids is 1. The van der Waals surface area contributed by atoms with Crippen LogP contribution in [0, 0.1) is 5.92 Å². The minimum absolute atomic E-state index is 0.0431. The summed E-state index contributed by atoms with van der Waals surface area (Å²) in [5.74, 6) is 0.662. The van der Waals surface area contributed by atoms with Crippen molar-refractivity contribution in [3.05, 3.63) is 40.4 Å². The SMILES string of the molecule is C[C@H]1[C@H](NC(=O)c2ccc(Sc3cc(Cl)ccn3)s2)C2CCN1CC2. The van der Waals surface area contributed by atoms with Gasteiger partial charge in [0.15, 0.2) is 0 Å². The van der Waals surface area contributed by atoms with Crippen molar-refractivity contribution in [3.8, 4) is 0 Å². The fraction of sp³-hybridized carbons (Fsp3) is 0.444. The first-order chi connectivity index (χ1) is 12.1. The van der Waals surface area contributed by atoms with Crippen LogP contribution in [0.25, 0.3) is 0 Å². The molecule has 0 radical (unpaired) electrons. The topological polar surface area (TPSA) is 45.2 Å². The smallest absolute Gasteiger partial charge is 0.261 e. The maximum atomic E-state index is 12.7. The maximum Gasteiger partial charge on any atom is 0.261 e. The highest BCUT2D eigenvalue weighted by Crippen LogP contribution is 2.35. The molecule has 3 aliphatic heterocycles. The molecule has 5 heterocycles. The van der Waals surface area contributed by atoms with Gasteiger partial charge in [-0.25, -0.2) is 4.98 Å². The molecule has 5 rings (SSSR count). The van der Waals surface area contributed by atoms with E-state index in [9.17, 15) is 4.79 Å². The van der Waals surface area contributed by atoms with E-state index in [1.807, 2.05) is 18.2 Å². The van der Waals surface area contributed by atoms with Gasteiger partial charge in [0.2, 0.25) is 0 Å². The molecule has 0 spiro atoms. The Kier molecular flexibility index (Phi) is 5.04. The van der Waals surface area contributed by atoms with Crippen LogP contribution in [0.5, 0.6) is 0 Å². The lowest BCUT2D eigenvalue weighted by Crippen LogP contribution is -2.62. The second kappa shape index (κ2) is 7.27. The molecule has 2 atom stereocenters. The van der Waals surface area contributed by atoms with Gasteiger partial charge in [0.25, 0.3) is 5.91 Å². The molecule has 1 N–H and O–H groups in total. The van der Waals surface area contributed by atoms with Crippen LogP contribution in [0.1, 0.15) is 29.4 Å². The van der Waals surface area contributed by atoms with Gasteiger partial charge >= 0.3 is 0 Å². The van der Waals surface area contributed by atoms with Gasteiger partial charge in [-0.1, -0.05) is 23.4 Å². The third-order valence-corrected chi connectivity index (χ3v) is 7.57. The predicted octanol–water partition coefficient (Wildman–Crippen LogP) is 4.16. The fourth-order valence-corrected chi connectivity index (χ4v) is 6.01. The van der Waals surface area contributed by atoms with E-state index in [0.717, 1.165) is 14.1 Å². The van der Waals surface area contributed by atoms with Gasteiger partial charge in [0.05, 0.1) is 9.09 Å². The third-order valence-electron chi connectivity index (χ3n) is 5.18. The van der Waals surface area contributed by atoms with Crippen LogP contribution in [-0.2, 0) is 0 Å². The minimum atomic E-state index is 0.0431. The standard InChI is InChI=1S/C18H20ClN3OS2/c1-11-17(12-5-8-22(11)9-6-12)21-18(23)14-2-3-16(24-14)25-15-10-13(19)4-7-20-15/h2-4,7,10-12,17H,5-6,8-9H2,1H3,(H,21,23)/t11-,17-/m0/s1. The number of piperidine rings is 3. The molecule has 1 amide bonds. The van der Waals surface area contributed by atoms with E-state index in [-0.39, 0.29) is 11.9 Å². The van der Waals surface area contributed by atoms with Gasteiger partial charge in [0.1, 0.15) is 5.03 Å². The molecule has 4 nitrogen and oxygen atoms in total. The maximum absolute atomic E-state index is 12.7. The lowest BCUT2D eigenvalue weighted by atomic mass is 9.79. The summed E-state index contributed by atoms with van der Waals surface area (Å²) in [5.41, 5.74) is 0. The number of rotatable bonds is 4. The molecule has 2 bridgehead atoms. The second-order valence-electron chi connectivity index (χ2n) is 6.65. The molecule has 0 aliphatic carbocycles. The summed E-state index contributed by atoms with van der Waals surface area (Å²) in [7, 11) is 0. The Hall–Kier alpha value is -1.08. The number of pyridine rings is 1. The largest absolute Gasteiger partial charge is 0.347 e. The molecule has 2 aromatic heterocycles. The highest BCUT2D eigenvalue weighted by atomic mass is 35.5. The van der Waals surface area contributed by atoms with Crippen molar-refractivity contribution in [1.29, 1.82) is 0 Å². The number of nitrogens with one attached hydrogen (secondary N) is 1. The number of aromatic nitrogens is 1. The van der Waals surface area contributed by atoms with E-state index in [1.54, 1.807) is 12.3 Å². The van der Waals surface area contributed by atoms with E-state index >= 15 is 0 Å². The zero-order chi connectivity index (χ0) is 17.4. The first-order valence-electron chi connectivity index (χ1n) is 8.54. The number of fused-ring (bicyclic) bond motifs is 3. The number of hydrogen-bond donors (Lipinski definition) is 1. The Morgan fingerprint density at radius 2 is 2.16 bits per heavy atom. The molecule has 0 saturated carbocycles. The van der Waals surface area contributed by atoms with Crippen molar-refractivity contribution >= 4 is 40.6 Å². The van der Waals surface area contributed by atoms with Crippen molar-refractivity contribution in [2.24, 2.45) is 5.92 Å². The van der Waals surface area contributed by atoms with E-state index in [1.165, 1.54) is 49.0 Å².